The second-order valence-corrected chi connectivity index (χ2v) is 6.58. The summed E-state index contributed by atoms with van der Waals surface area (Å²) >= 11 is 0. The fourth-order valence-corrected chi connectivity index (χ4v) is 2.23. The van der Waals surface area contributed by atoms with Crippen LogP contribution in [0.5, 0.6) is 11.6 Å². The predicted octanol–water partition coefficient (Wildman–Crippen LogP) is 2.30. The lowest BCUT2D eigenvalue weighted by Gasteiger charge is -2.08. The van der Waals surface area contributed by atoms with Gasteiger partial charge in [-0.05, 0) is 36.8 Å². The molecule has 5 nitrogen and oxygen atoms in total. The van der Waals surface area contributed by atoms with Crippen LogP contribution in [0.1, 0.15) is 18.5 Å². The van der Waals surface area contributed by atoms with Crippen LogP contribution in [0.15, 0.2) is 47.5 Å². The van der Waals surface area contributed by atoms with Crippen LogP contribution in [0, 0.1) is 0 Å². The van der Waals surface area contributed by atoms with E-state index in [-0.39, 0.29) is 10.9 Å². The molecule has 1 aromatic heterocycles. The molecule has 1 aromatic carbocycles. The summed E-state index contributed by atoms with van der Waals surface area (Å²) in [5, 5.41) is 0. The Kier molecular flexibility index (Phi) is 4.06. The van der Waals surface area contributed by atoms with Crippen molar-refractivity contribution in [3.8, 4) is 11.6 Å². The number of hydrogen-bond donors (Lipinski definition) is 1. The lowest BCUT2D eigenvalue weighted by molar-refractivity contribution is 0.462. The summed E-state index contributed by atoms with van der Waals surface area (Å²) in [5.74, 6) is 0.958. The second kappa shape index (κ2) is 5.60. The number of nitrogens with zero attached hydrogens (tertiary/aromatic N) is 1. The van der Waals surface area contributed by atoms with Gasteiger partial charge in [0.15, 0.2) is 9.84 Å². The van der Waals surface area contributed by atoms with E-state index in [4.69, 9.17) is 10.5 Å². The van der Waals surface area contributed by atoms with Gasteiger partial charge in [0, 0.05) is 24.6 Å². The van der Waals surface area contributed by atoms with Crippen molar-refractivity contribution in [2.24, 2.45) is 5.73 Å². The average molecular weight is 292 g/mol. The van der Waals surface area contributed by atoms with E-state index in [1.54, 1.807) is 24.4 Å². The van der Waals surface area contributed by atoms with Gasteiger partial charge in [-0.2, -0.15) is 0 Å². The molecule has 0 spiro atoms. The van der Waals surface area contributed by atoms with Gasteiger partial charge in [-0.3, -0.25) is 0 Å². The van der Waals surface area contributed by atoms with Crippen LogP contribution < -0.4 is 10.5 Å². The van der Waals surface area contributed by atoms with Crippen molar-refractivity contribution in [2.75, 3.05) is 6.26 Å². The van der Waals surface area contributed by atoms with E-state index in [1.807, 2.05) is 13.0 Å². The summed E-state index contributed by atoms with van der Waals surface area (Å²) < 4.78 is 28.2. The zero-order chi connectivity index (χ0) is 14.8. The first kappa shape index (κ1) is 14.5. The van der Waals surface area contributed by atoms with Crippen LogP contribution in [0.3, 0.4) is 0 Å². The van der Waals surface area contributed by atoms with Crippen molar-refractivity contribution < 1.29 is 13.2 Å². The van der Waals surface area contributed by atoms with Gasteiger partial charge in [-0.25, -0.2) is 13.4 Å². The molecular formula is C14H16N2O3S. The van der Waals surface area contributed by atoms with E-state index in [1.165, 1.54) is 12.1 Å². The highest BCUT2D eigenvalue weighted by atomic mass is 32.2. The van der Waals surface area contributed by atoms with Crippen molar-refractivity contribution >= 4 is 9.84 Å². The number of nitrogens with two attached hydrogens (primary N) is 1. The van der Waals surface area contributed by atoms with Crippen molar-refractivity contribution in [2.45, 2.75) is 17.9 Å². The summed E-state index contributed by atoms with van der Waals surface area (Å²) in [6.45, 7) is 1.88. The van der Waals surface area contributed by atoms with Gasteiger partial charge in [0.2, 0.25) is 5.88 Å². The van der Waals surface area contributed by atoms with Crippen LogP contribution in [-0.4, -0.2) is 19.7 Å². The topological polar surface area (TPSA) is 82.3 Å². The molecule has 106 valence electrons. The Balaban J connectivity index is 2.14. The first-order valence-electron chi connectivity index (χ1n) is 6.06. The number of pyridine rings is 1. The summed E-state index contributed by atoms with van der Waals surface area (Å²) in [5.41, 5.74) is 6.66. The van der Waals surface area contributed by atoms with Crippen LogP contribution in [0.2, 0.25) is 0 Å². The number of aromatic nitrogens is 1. The Hall–Kier alpha value is -1.92. The van der Waals surface area contributed by atoms with Gasteiger partial charge in [0.05, 0.1) is 4.90 Å². The molecule has 6 heteroatoms. The third kappa shape index (κ3) is 3.55. The lowest BCUT2D eigenvalue weighted by Crippen LogP contribution is -2.05. The van der Waals surface area contributed by atoms with Crippen molar-refractivity contribution in [1.29, 1.82) is 0 Å². The molecule has 2 aromatic rings. The van der Waals surface area contributed by atoms with Crippen LogP contribution in [0.25, 0.3) is 0 Å². The summed E-state index contributed by atoms with van der Waals surface area (Å²) in [6.07, 6.45) is 2.82. The van der Waals surface area contributed by atoms with Crippen molar-refractivity contribution in [3.63, 3.8) is 0 Å². The van der Waals surface area contributed by atoms with Crippen LogP contribution in [-0.2, 0) is 9.84 Å². The number of ether oxygens (including phenoxy) is 1. The minimum Gasteiger partial charge on any atom is -0.439 e. The van der Waals surface area contributed by atoms with Gasteiger partial charge < -0.3 is 10.5 Å². The summed E-state index contributed by atoms with van der Waals surface area (Å²) in [4.78, 5) is 4.40. The Bertz CT molecular complexity index is 677. The number of hydrogen-bond acceptors (Lipinski definition) is 5. The fourth-order valence-electron chi connectivity index (χ4n) is 1.60. The monoisotopic (exact) mass is 292 g/mol. The zero-order valence-corrected chi connectivity index (χ0v) is 12.1. The maximum atomic E-state index is 11.3. The standard InChI is InChI=1S/C14H16N2O3S/c1-10(15)11-3-8-14(16-9-11)19-12-4-6-13(7-5-12)20(2,17)18/h3-10H,15H2,1-2H3/t10-/m0/s1. The summed E-state index contributed by atoms with van der Waals surface area (Å²) in [6, 6.07) is 9.68. The Morgan fingerprint density at radius 3 is 2.25 bits per heavy atom. The number of rotatable bonds is 4. The minimum absolute atomic E-state index is 0.0782. The highest BCUT2D eigenvalue weighted by Gasteiger charge is 2.07. The van der Waals surface area contributed by atoms with Gasteiger partial charge in [-0.1, -0.05) is 6.07 Å². The number of sulfone groups is 1. The molecule has 2 N–H and O–H groups in total. The van der Waals surface area contributed by atoms with Gasteiger partial charge in [0.1, 0.15) is 5.75 Å². The largest absolute Gasteiger partial charge is 0.439 e. The molecule has 0 amide bonds. The average Bonchev–Trinajstić information content (AvgIpc) is 2.39. The molecule has 0 aliphatic heterocycles. The molecule has 20 heavy (non-hydrogen) atoms. The molecule has 1 heterocycles. The molecule has 0 fully saturated rings. The van der Waals surface area contributed by atoms with Gasteiger partial charge in [-0.15, -0.1) is 0 Å². The highest BCUT2D eigenvalue weighted by molar-refractivity contribution is 7.90. The first-order valence-corrected chi connectivity index (χ1v) is 7.95. The predicted molar refractivity (Wildman–Crippen MR) is 76.5 cm³/mol. The van der Waals surface area contributed by atoms with E-state index >= 15 is 0 Å². The van der Waals surface area contributed by atoms with E-state index in [2.05, 4.69) is 4.98 Å². The molecule has 0 radical (unpaired) electrons. The van der Waals surface area contributed by atoms with E-state index in [0.29, 0.717) is 11.6 Å². The summed E-state index contributed by atoms with van der Waals surface area (Å²) in [7, 11) is -3.19. The minimum atomic E-state index is -3.19. The third-order valence-corrected chi connectivity index (χ3v) is 3.89. The Labute approximate surface area is 118 Å². The number of benzene rings is 1. The van der Waals surface area contributed by atoms with E-state index < -0.39 is 9.84 Å². The van der Waals surface area contributed by atoms with Crippen LogP contribution in [0.4, 0.5) is 0 Å². The second-order valence-electron chi connectivity index (χ2n) is 4.56. The molecule has 0 saturated carbocycles. The molecular weight excluding hydrogens is 276 g/mol. The molecule has 0 bridgehead atoms. The molecule has 0 aliphatic rings. The molecule has 0 saturated heterocycles. The normalized spacial score (nSPS) is 12.9. The molecule has 0 aliphatic carbocycles. The maximum Gasteiger partial charge on any atom is 0.219 e. The van der Waals surface area contributed by atoms with Crippen molar-refractivity contribution in [3.05, 3.63) is 48.2 Å². The van der Waals surface area contributed by atoms with E-state index in [9.17, 15) is 8.42 Å². The van der Waals surface area contributed by atoms with Gasteiger partial charge in [0.25, 0.3) is 0 Å². The molecule has 2 rings (SSSR count). The molecule has 1 atom stereocenters. The third-order valence-electron chi connectivity index (χ3n) is 2.76. The lowest BCUT2D eigenvalue weighted by atomic mass is 10.2. The molecule has 0 unspecified atom stereocenters. The highest BCUT2D eigenvalue weighted by Crippen LogP contribution is 2.22. The zero-order valence-electron chi connectivity index (χ0n) is 11.3. The maximum absolute atomic E-state index is 11.3. The van der Waals surface area contributed by atoms with Gasteiger partial charge >= 0.3 is 0 Å². The van der Waals surface area contributed by atoms with E-state index in [0.717, 1.165) is 11.8 Å². The smallest absolute Gasteiger partial charge is 0.219 e. The first-order chi connectivity index (χ1) is 9.36. The quantitative estimate of drug-likeness (QED) is 0.935. The Morgan fingerprint density at radius 2 is 1.80 bits per heavy atom. The Morgan fingerprint density at radius 1 is 1.15 bits per heavy atom. The fraction of sp³-hybridized carbons (Fsp3) is 0.214. The van der Waals surface area contributed by atoms with Crippen LogP contribution >= 0.6 is 0 Å². The van der Waals surface area contributed by atoms with Crippen molar-refractivity contribution in [1.82, 2.24) is 4.98 Å². The SMILES string of the molecule is C[C@H](N)c1ccc(Oc2ccc(S(C)(=O)=O)cc2)nc1.